The Morgan fingerprint density at radius 1 is 1.41 bits per heavy atom. The minimum Gasteiger partial charge on any atom is -0.307 e. The minimum absolute atomic E-state index is 0.278. The summed E-state index contributed by atoms with van der Waals surface area (Å²) in [6.45, 7) is 3.08. The Bertz CT molecular complexity index is 513. The van der Waals surface area contributed by atoms with Gasteiger partial charge in [-0.25, -0.2) is 9.37 Å². The maximum absolute atomic E-state index is 13.4. The van der Waals surface area contributed by atoms with Crippen LogP contribution in [0.5, 0.6) is 0 Å². The lowest BCUT2D eigenvalue weighted by molar-refractivity contribution is 0.586. The van der Waals surface area contributed by atoms with Gasteiger partial charge in [-0.1, -0.05) is 17.7 Å². The quantitative estimate of drug-likeness (QED) is 0.919. The zero-order valence-electron chi connectivity index (χ0n) is 9.34. The van der Waals surface area contributed by atoms with Crippen molar-refractivity contribution in [2.24, 2.45) is 0 Å². The summed E-state index contributed by atoms with van der Waals surface area (Å²) in [6.07, 6.45) is 0. The van der Waals surface area contributed by atoms with Crippen LogP contribution < -0.4 is 5.32 Å². The highest BCUT2D eigenvalue weighted by molar-refractivity contribution is 7.09. The Kier molecular flexibility index (Phi) is 4.10. The van der Waals surface area contributed by atoms with Crippen LogP contribution in [0.15, 0.2) is 23.6 Å². The number of thiazole rings is 1. The molecule has 0 saturated heterocycles. The van der Waals surface area contributed by atoms with Crippen LogP contribution in [0.25, 0.3) is 0 Å². The lowest BCUT2D eigenvalue weighted by Crippen LogP contribution is -2.13. The van der Waals surface area contributed by atoms with Crippen LogP contribution in [0.4, 0.5) is 4.39 Å². The molecule has 5 heteroatoms. The fraction of sp³-hybridized carbons (Fsp3) is 0.250. The van der Waals surface area contributed by atoms with E-state index in [4.69, 9.17) is 11.6 Å². The van der Waals surface area contributed by atoms with E-state index in [1.807, 2.05) is 12.3 Å². The number of rotatable bonds is 4. The van der Waals surface area contributed by atoms with Crippen molar-refractivity contribution >= 4 is 22.9 Å². The first-order valence-electron chi connectivity index (χ1n) is 5.21. The summed E-state index contributed by atoms with van der Waals surface area (Å²) in [6, 6.07) is 4.71. The predicted molar refractivity (Wildman–Crippen MR) is 68.8 cm³/mol. The summed E-state index contributed by atoms with van der Waals surface area (Å²) in [5, 5.41) is 6.61. The number of benzene rings is 1. The van der Waals surface area contributed by atoms with Gasteiger partial charge in [0.2, 0.25) is 0 Å². The van der Waals surface area contributed by atoms with Crippen LogP contribution >= 0.6 is 22.9 Å². The zero-order chi connectivity index (χ0) is 12.3. The summed E-state index contributed by atoms with van der Waals surface area (Å²) in [5.74, 6) is -0.278. The first-order valence-corrected chi connectivity index (χ1v) is 6.46. The standard InChI is InChI=1S/C12H12ClFN2S/c1-8-16-11(7-17-8)6-15-5-9-2-3-10(13)4-12(9)14/h2-4,7,15H,5-6H2,1H3. The Hall–Kier alpha value is -0.970. The first kappa shape index (κ1) is 12.5. The average Bonchev–Trinajstić information content (AvgIpc) is 2.68. The molecule has 1 aromatic carbocycles. The number of aromatic nitrogens is 1. The molecule has 0 bridgehead atoms. The van der Waals surface area contributed by atoms with E-state index < -0.39 is 0 Å². The van der Waals surface area contributed by atoms with E-state index in [-0.39, 0.29) is 5.82 Å². The number of nitrogens with one attached hydrogen (secondary N) is 1. The fourth-order valence-electron chi connectivity index (χ4n) is 1.48. The van der Waals surface area contributed by atoms with Crippen molar-refractivity contribution in [1.82, 2.24) is 10.3 Å². The Morgan fingerprint density at radius 2 is 2.24 bits per heavy atom. The van der Waals surface area contributed by atoms with Crippen LogP contribution in [0.2, 0.25) is 5.02 Å². The second-order valence-corrected chi connectivity index (χ2v) is 5.20. The van der Waals surface area contributed by atoms with E-state index in [1.54, 1.807) is 23.5 Å². The number of aryl methyl sites for hydroxylation is 1. The van der Waals surface area contributed by atoms with Gasteiger partial charge in [0, 0.05) is 29.1 Å². The Morgan fingerprint density at radius 3 is 2.88 bits per heavy atom. The summed E-state index contributed by atoms with van der Waals surface area (Å²) in [7, 11) is 0. The molecule has 0 saturated carbocycles. The van der Waals surface area contributed by atoms with Crippen molar-refractivity contribution in [3.63, 3.8) is 0 Å². The fourth-order valence-corrected chi connectivity index (χ4v) is 2.25. The number of halogens is 2. The molecule has 2 aromatic rings. The molecule has 0 aliphatic heterocycles. The monoisotopic (exact) mass is 270 g/mol. The molecule has 0 amide bonds. The highest BCUT2D eigenvalue weighted by atomic mass is 35.5. The highest BCUT2D eigenvalue weighted by Crippen LogP contribution is 2.14. The second-order valence-electron chi connectivity index (χ2n) is 3.70. The normalized spacial score (nSPS) is 10.8. The van der Waals surface area contributed by atoms with Crippen molar-refractivity contribution in [3.8, 4) is 0 Å². The van der Waals surface area contributed by atoms with Crippen molar-refractivity contribution in [1.29, 1.82) is 0 Å². The van der Waals surface area contributed by atoms with Crippen LogP contribution in [-0.2, 0) is 13.1 Å². The van der Waals surface area contributed by atoms with Gasteiger partial charge < -0.3 is 5.32 Å². The van der Waals surface area contributed by atoms with Crippen LogP contribution in [0, 0.1) is 12.7 Å². The van der Waals surface area contributed by atoms with E-state index in [1.165, 1.54) is 6.07 Å². The van der Waals surface area contributed by atoms with Gasteiger partial charge in [0.15, 0.2) is 0 Å². The van der Waals surface area contributed by atoms with Crippen LogP contribution in [0.1, 0.15) is 16.3 Å². The number of nitrogens with zero attached hydrogens (tertiary/aromatic N) is 1. The molecule has 1 heterocycles. The van der Waals surface area contributed by atoms with Crippen molar-refractivity contribution in [2.45, 2.75) is 20.0 Å². The van der Waals surface area contributed by atoms with E-state index >= 15 is 0 Å². The van der Waals surface area contributed by atoms with Gasteiger partial charge in [0.25, 0.3) is 0 Å². The molecule has 1 aromatic heterocycles. The van der Waals surface area contributed by atoms with Gasteiger partial charge in [-0.2, -0.15) is 0 Å². The van der Waals surface area contributed by atoms with Crippen molar-refractivity contribution in [3.05, 3.63) is 50.7 Å². The molecule has 17 heavy (non-hydrogen) atoms. The topological polar surface area (TPSA) is 24.9 Å². The summed E-state index contributed by atoms with van der Waals surface area (Å²) in [5.41, 5.74) is 1.60. The van der Waals surface area contributed by atoms with Gasteiger partial charge in [-0.05, 0) is 19.1 Å². The molecule has 2 nitrogen and oxygen atoms in total. The Labute approximate surface area is 108 Å². The van der Waals surface area contributed by atoms with Crippen LogP contribution in [-0.4, -0.2) is 4.98 Å². The van der Waals surface area contributed by atoms with Crippen LogP contribution in [0.3, 0.4) is 0 Å². The van der Waals surface area contributed by atoms with Crippen molar-refractivity contribution in [2.75, 3.05) is 0 Å². The van der Waals surface area contributed by atoms with Crippen molar-refractivity contribution < 1.29 is 4.39 Å². The molecule has 0 spiro atoms. The van der Waals surface area contributed by atoms with E-state index in [0.29, 0.717) is 23.7 Å². The summed E-state index contributed by atoms with van der Waals surface area (Å²) < 4.78 is 13.4. The molecule has 1 N–H and O–H groups in total. The lowest BCUT2D eigenvalue weighted by atomic mass is 10.2. The summed E-state index contributed by atoms with van der Waals surface area (Å²) in [4.78, 5) is 4.32. The first-order chi connectivity index (χ1) is 8.15. The van der Waals surface area contributed by atoms with Gasteiger partial charge in [-0.3, -0.25) is 0 Å². The molecule has 0 aliphatic rings. The SMILES string of the molecule is Cc1nc(CNCc2ccc(Cl)cc2F)cs1. The molecule has 0 aliphatic carbocycles. The third-order valence-corrected chi connectivity index (χ3v) is 3.36. The minimum atomic E-state index is -0.278. The Balaban J connectivity index is 1.90. The maximum Gasteiger partial charge on any atom is 0.129 e. The smallest absolute Gasteiger partial charge is 0.129 e. The van der Waals surface area contributed by atoms with Gasteiger partial charge in [0.05, 0.1) is 10.7 Å². The molecule has 0 unspecified atom stereocenters. The van der Waals surface area contributed by atoms with E-state index in [0.717, 1.165) is 10.7 Å². The second kappa shape index (κ2) is 5.58. The zero-order valence-corrected chi connectivity index (χ0v) is 10.9. The molecule has 0 fully saturated rings. The lowest BCUT2D eigenvalue weighted by Gasteiger charge is -2.04. The molecular weight excluding hydrogens is 259 g/mol. The van der Waals surface area contributed by atoms with E-state index in [9.17, 15) is 4.39 Å². The third kappa shape index (κ3) is 3.49. The third-order valence-electron chi connectivity index (χ3n) is 2.30. The average molecular weight is 271 g/mol. The number of hydrogen-bond donors (Lipinski definition) is 1. The van der Waals surface area contributed by atoms with Gasteiger partial charge >= 0.3 is 0 Å². The molecule has 2 rings (SSSR count). The van der Waals surface area contributed by atoms with Gasteiger partial charge in [-0.15, -0.1) is 11.3 Å². The largest absolute Gasteiger partial charge is 0.307 e. The van der Waals surface area contributed by atoms with E-state index in [2.05, 4.69) is 10.3 Å². The highest BCUT2D eigenvalue weighted by Gasteiger charge is 2.03. The molecule has 0 atom stereocenters. The predicted octanol–water partition coefficient (Wildman–Crippen LogP) is 3.53. The maximum atomic E-state index is 13.4. The molecular formula is C12H12ClFN2S. The van der Waals surface area contributed by atoms with Gasteiger partial charge in [0.1, 0.15) is 5.82 Å². The summed E-state index contributed by atoms with van der Waals surface area (Å²) >= 11 is 7.29. The number of hydrogen-bond acceptors (Lipinski definition) is 3. The molecule has 90 valence electrons. The molecule has 0 radical (unpaired) electrons.